The van der Waals surface area contributed by atoms with Gasteiger partial charge >= 0.3 is 0 Å². The van der Waals surface area contributed by atoms with Gasteiger partial charge in [-0.05, 0) is 48.6 Å². The van der Waals surface area contributed by atoms with Gasteiger partial charge in [0.1, 0.15) is 0 Å². The third kappa shape index (κ3) is 2.29. The largest absolute Gasteiger partial charge is 0.294 e. The number of aromatic amines is 1. The van der Waals surface area contributed by atoms with Crippen molar-refractivity contribution >= 4 is 17.0 Å². The Bertz CT molecular complexity index is 783. The van der Waals surface area contributed by atoms with Crippen LogP contribution in [0.4, 0.5) is 0 Å². The summed E-state index contributed by atoms with van der Waals surface area (Å²) in [5.74, 6) is 0. The minimum atomic E-state index is -0.0295. The Morgan fingerprint density at radius 2 is 2.25 bits per heavy atom. The molecule has 0 unspecified atom stereocenters. The molecule has 0 saturated carbocycles. The van der Waals surface area contributed by atoms with Crippen molar-refractivity contribution in [2.45, 2.75) is 33.1 Å². The van der Waals surface area contributed by atoms with Crippen molar-refractivity contribution in [2.24, 2.45) is 0 Å². The number of aryl methyl sites for hydroxylation is 4. The normalized spacial score (nSPS) is 11.3. The van der Waals surface area contributed by atoms with Gasteiger partial charge in [0.05, 0.1) is 0 Å². The van der Waals surface area contributed by atoms with E-state index in [1.807, 2.05) is 6.92 Å². The second kappa shape index (κ2) is 5.25. The lowest BCUT2D eigenvalue weighted by molar-refractivity contribution is 0.844. The molecule has 0 aromatic carbocycles. The maximum atomic E-state index is 12.1. The minimum absolute atomic E-state index is 0.0295. The van der Waals surface area contributed by atoms with Crippen LogP contribution in [0.25, 0.3) is 5.65 Å². The Morgan fingerprint density at radius 1 is 1.40 bits per heavy atom. The Kier molecular flexibility index (Phi) is 3.44. The summed E-state index contributed by atoms with van der Waals surface area (Å²) in [4.78, 5) is 16.8. The molecule has 0 aliphatic carbocycles. The van der Waals surface area contributed by atoms with Crippen molar-refractivity contribution in [1.29, 1.82) is 0 Å². The number of rotatable bonds is 4. The van der Waals surface area contributed by atoms with E-state index in [1.54, 1.807) is 21.9 Å². The number of nitrogens with zero attached hydrogens (tertiary/aromatic N) is 2. The highest BCUT2D eigenvalue weighted by molar-refractivity contribution is 7.07. The Labute approximate surface area is 121 Å². The number of hydrogen-bond acceptors (Lipinski definition) is 3. The molecule has 3 heterocycles. The SMILES string of the molecule is CCc1c(C)[nH]n2c(=O)cc(CCc3ccsc3)nc12. The summed E-state index contributed by atoms with van der Waals surface area (Å²) < 4.78 is 1.54. The van der Waals surface area contributed by atoms with E-state index in [0.717, 1.165) is 41.9 Å². The molecule has 0 aliphatic rings. The van der Waals surface area contributed by atoms with Crippen molar-refractivity contribution in [1.82, 2.24) is 14.6 Å². The van der Waals surface area contributed by atoms with Gasteiger partial charge in [-0.1, -0.05) is 6.92 Å². The highest BCUT2D eigenvalue weighted by atomic mass is 32.1. The van der Waals surface area contributed by atoms with Crippen molar-refractivity contribution in [3.63, 3.8) is 0 Å². The fourth-order valence-corrected chi connectivity index (χ4v) is 3.20. The molecule has 0 amide bonds. The van der Waals surface area contributed by atoms with Crippen LogP contribution in [0.2, 0.25) is 0 Å². The van der Waals surface area contributed by atoms with Crippen LogP contribution >= 0.6 is 11.3 Å². The van der Waals surface area contributed by atoms with Crippen LogP contribution in [-0.2, 0) is 19.3 Å². The van der Waals surface area contributed by atoms with E-state index in [-0.39, 0.29) is 5.56 Å². The summed E-state index contributed by atoms with van der Waals surface area (Å²) in [6.07, 6.45) is 2.60. The zero-order valence-corrected chi connectivity index (χ0v) is 12.5. The number of aromatic nitrogens is 3. The smallest absolute Gasteiger partial charge is 0.272 e. The molecule has 0 bridgehead atoms. The maximum Gasteiger partial charge on any atom is 0.272 e. The van der Waals surface area contributed by atoms with E-state index in [1.165, 1.54) is 5.56 Å². The van der Waals surface area contributed by atoms with Crippen LogP contribution in [-0.4, -0.2) is 14.6 Å². The molecule has 0 atom stereocenters. The molecule has 20 heavy (non-hydrogen) atoms. The van der Waals surface area contributed by atoms with E-state index in [9.17, 15) is 4.79 Å². The van der Waals surface area contributed by atoms with Gasteiger partial charge in [0.2, 0.25) is 0 Å². The van der Waals surface area contributed by atoms with Crippen molar-refractivity contribution in [2.75, 3.05) is 0 Å². The van der Waals surface area contributed by atoms with Crippen molar-refractivity contribution in [3.05, 3.63) is 55.8 Å². The van der Waals surface area contributed by atoms with Crippen LogP contribution in [0.1, 0.15) is 29.4 Å². The molecular weight excluding hydrogens is 270 g/mol. The van der Waals surface area contributed by atoms with E-state index in [2.05, 4.69) is 33.8 Å². The molecule has 3 rings (SSSR count). The van der Waals surface area contributed by atoms with Gasteiger partial charge in [0.15, 0.2) is 5.65 Å². The number of fused-ring (bicyclic) bond motifs is 1. The molecule has 0 aliphatic heterocycles. The van der Waals surface area contributed by atoms with Gasteiger partial charge in [-0.3, -0.25) is 9.89 Å². The summed E-state index contributed by atoms with van der Waals surface area (Å²) in [6, 6.07) is 3.75. The van der Waals surface area contributed by atoms with Gasteiger partial charge < -0.3 is 0 Å². The zero-order valence-electron chi connectivity index (χ0n) is 11.6. The molecule has 5 heteroatoms. The first-order valence-corrected chi connectivity index (χ1v) is 7.74. The summed E-state index contributed by atoms with van der Waals surface area (Å²) in [6.45, 7) is 4.07. The molecule has 3 aromatic rings. The Morgan fingerprint density at radius 3 is 2.95 bits per heavy atom. The lowest BCUT2D eigenvalue weighted by atomic mass is 10.1. The number of hydrogen-bond donors (Lipinski definition) is 1. The first-order chi connectivity index (χ1) is 9.69. The predicted molar refractivity (Wildman–Crippen MR) is 81.7 cm³/mol. The molecule has 104 valence electrons. The summed E-state index contributed by atoms with van der Waals surface area (Å²) in [5, 5.41) is 7.30. The van der Waals surface area contributed by atoms with Gasteiger partial charge in [0.25, 0.3) is 5.56 Å². The Hall–Kier alpha value is -1.88. The monoisotopic (exact) mass is 287 g/mol. The highest BCUT2D eigenvalue weighted by Gasteiger charge is 2.11. The molecule has 0 spiro atoms. The van der Waals surface area contributed by atoms with E-state index < -0.39 is 0 Å². The van der Waals surface area contributed by atoms with E-state index in [0.29, 0.717) is 0 Å². The minimum Gasteiger partial charge on any atom is -0.294 e. The molecule has 0 saturated heterocycles. The van der Waals surface area contributed by atoms with Crippen LogP contribution < -0.4 is 5.56 Å². The number of thiophene rings is 1. The van der Waals surface area contributed by atoms with Crippen molar-refractivity contribution in [3.8, 4) is 0 Å². The lowest BCUT2D eigenvalue weighted by Gasteiger charge is -2.01. The highest BCUT2D eigenvalue weighted by Crippen LogP contribution is 2.14. The summed E-state index contributed by atoms with van der Waals surface area (Å²) in [7, 11) is 0. The maximum absolute atomic E-state index is 12.1. The summed E-state index contributed by atoms with van der Waals surface area (Å²) >= 11 is 1.70. The molecule has 0 radical (unpaired) electrons. The van der Waals surface area contributed by atoms with Gasteiger partial charge in [0, 0.05) is 23.0 Å². The quantitative estimate of drug-likeness (QED) is 0.802. The number of nitrogens with one attached hydrogen (secondary N) is 1. The first-order valence-electron chi connectivity index (χ1n) is 6.80. The van der Waals surface area contributed by atoms with Gasteiger partial charge in [-0.2, -0.15) is 11.3 Å². The van der Waals surface area contributed by atoms with Crippen LogP contribution in [0.5, 0.6) is 0 Å². The summed E-state index contributed by atoms with van der Waals surface area (Å²) in [5.41, 5.74) is 5.07. The van der Waals surface area contributed by atoms with Crippen LogP contribution in [0, 0.1) is 6.92 Å². The van der Waals surface area contributed by atoms with Gasteiger partial charge in [-0.15, -0.1) is 0 Å². The van der Waals surface area contributed by atoms with Crippen LogP contribution in [0.3, 0.4) is 0 Å². The standard InChI is InChI=1S/C15H17N3OS/c1-3-13-10(2)17-18-14(19)8-12(16-15(13)18)5-4-11-6-7-20-9-11/h6-9,17H,3-5H2,1-2H3. The average molecular weight is 287 g/mol. The second-order valence-corrected chi connectivity index (χ2v) is 5.73. The van der Waals surface area contributed by atoms with E-state index in [4.69, 9.17) is 0 Å². The third-order valence-corrected chi connectivity index (χ3v) is 4.31. The topological polar surface area (TPSA) is 50.2 Å². The molecule has 1 N–H and O–H groups in total. The second-order valence-electron chi connectivity index (χ2n) is 4.95. The fourth-order valence-electron chi connectivity index (χ4n) is 2.50. The molecular formula is C15H17N3OS. The average Bonchev–Trinajstić information content (AvgIpc) is 3.03. The predicted octanol–water partition coefficient (Wildman–Crippen LogP) is 2.74. The third-order valence-electron chi connectivity index (χ3n) is 3.58. The lowest BCUT2D eigenvalue weighted by Crippen LogP contribution is -2.16. The Balaban J connectivity index is 1.98. The van der Waals surface area contributed by atoms with Gasteiger partial charge in [-0.25, -0.2) is 9.50 Å². The fraction of sp³-hybridized carbons (Fsp3) is 0.333. The van der Waals surface area contributed by atoms with E-state index >= 15 is 0 Å². The number of H-pyrrole nitrogens is 1. The van der Waals surface area contributed by atoms with Crippen LogP contribution in [0.15, 0.2) is 27.7 Å². The molecule has 4 nitrogen and oxygen atoms in total. The molecule has 3 aromatic heterocycles. The zero-order chi connectivity index (χ0) is 14.1. The molecule has 0 fully saturated rings. The first kappa shape index (κ1) is 13.1. The van der Waals surface area contributed by atoms with Crippen molar-refractivity contribution < 1.29 is 0 Å².